The molecule has 1 fully saturated rings. The lowest BCUT2D eigenvalue weighted by atomic mass is 9.75. The molecule has 0 saturated carbocycles. The van der Waals surface area contributed by atoms with E-state index in [0.717, 1.165) is 46.0 Å². The molecule has 0 aromatic carbocycles. The molecule has 138 valence electrons. The van der Waals surface area contributed by atoms with Gasteiger partial charge in [0, 0.05) is 35.3 Å². The molecule has 1 atom stereocenters. The topological polar surface area (TPSA) is 59.0 Å². The highest BCUT2D eigenvalue weighted by molar-refractivity contribution is 6.05. The SMILES string of the molecule is Cc1cc(C)c(N2C(=O)C(C)(C)C3CC=C(c4cnc(C)nc4)C=C32)cn1. The normalized spacial score (nSPS) is 21.0. The molecule has 27 heavy (non-hydrogen) atoms. The van der Waals surface area contributed by atoms with E-state index in [1.807, 2.05) is 64.2 Å². The molecule has 1 amide bonds. The summed E-state index contributed by atoms with van der Waals surface area (Å²) in [6.45, 7) is 9.96. The minimum atomic E-state index is -0.449. The van der Waals surface area contributed by atoms with Gasteiger partial charge in [-0.15, -0.1) is 0 Å². The maximum atomic E-state index is 13.3. The van der Waals surface area contributed by atoms with Crippen LogP contribution in [0.2, 0.25) is 0 Å². The van der Waals surface area contributed by atoms with Gasteiger partial charge < -0.3 is 0 Å². The maximum absolute atomic E-state index is 13.3. The van der Waals surface area contributed by atoms with Gasteiger partial charge >= 0.3 is 0 Å². The van der Waals surface area contributed by atoms with E-state index in [0.29, 0.717) is 0 Å². The van der Waals surface area contributed by atoms with Gasteiger partial charge in [-0.05, 0) is 50.5 Å². The number of hydrogen-bond donors (Lipinski definition) is 0. The summed E-state index contributed by atoms with van der Waals surface area (Å²) in [7, 11) is 0. The predicted octanol–water partition coefficient (Wildman–Crippen LogP) is 4.16. The number of nitrogens with zero attached hydrogens (tertiary/aromatic N) is 4. The van der Waals surface area contributed by atoms with Crippen LogP contribution in [0.1, 0.15) is 42.9 Å². The Labute approximate surface area is 159 Å². The molecule has 4 rings (SSSR count). The third-order valence-corrected chi connectivity index (χ3v) is 5.69. The number of pyridine rings is 1. The second kappa shape index (κ2) is 6.12. The van der Waals surface area contributed by atoms with Gasteiger partial charge in [0.25, 0.3) is 0 Å². The monoisotopic (exact) mass is 360 g/mol. The maximum Gasteiger partial charge on any atom is 0.237 e. The smallest absolute Gasteiger partial charge is 0.237 e. The van der Waals surface area contributed by atoms with Crippen molar-refractivity contribution in [3.05, 3.63) is 65.2 Å². The lowest BCUT2D eigenvalue weighted by Crippen LogP contribution is -2.31. The highest BCUT2D eigenvalue weighted by Crippen LogP contribution is 2.50. The molecule has 0 spiro atoms. The van der Waals surface area contributed by atoms with Gasteiger partial charge in [-0.2, -0.15) is 0 Å². The summed E-state index contributed by atoms with van der Waals surface area (Å²) >= 11 is 0. The fraction of sp³-hybridized carbons (Fsp3) is 0.364. The van der Waals surface area contributed by atoms with E-state index < -0.39 is 5.41 Å². The Bertz CT molecular complexity index is 986. The standard InChI is InChI=1S/C22H24N4O/c1-13-8-14(2)23-12-20(13)26-19-9-16(17-10-24-15(3)25-11-17)6-7-18(19)22(4,5)21(26)27/h6,8-12,18H,7H2,1-5H3. The Morgan fingerprint density at radius 1 is 1.07 bits per heavy atom. The lowest BCUT2D eigenvalue weighted by Gasteiger charge is -2.26. The Kier molecular flexibility index (Phi) is 3.98. The number of anilines is 1. The first-order chi connectivity index (χ1) is 12.8. The lowest BCUT2D eigenvalue weighted by molar-refractivity contribution is -0.125. The molecule has 2 aliphatic rings. The zero-order valence-corrected chi connectivity index (χ0v) is 16.4. The first-order valence-electron chi connectivity index (χ1n) is 9.27. The van der Waals surface area contributed by atoms with Crippen LogP contribution in [-0.2, 0) is 4.79 Å². The molecular formula is C22H24N4O. The van der Waals surface area contributed by atoms with E-state index in [1.165, 1.54) is 0 Å². The third kappa shape index (κ3) is 2.78. The fourth-order valence-corrected chi connectivity index (χ4v) is 4.04. The number of hydrogen-bond acceptors (Lipinski definition) is 4. The van der Waals surface area contributed by atoms with Crippen molar-refractivity contribution in [3.8, 4) is 0 Å². The highest BCUT2D eigenvalue weighted by Gasteiger charge is 2.51. The number of aryl methyl sites for hydroxylation is 3. The van der Waals surface area contributed by atoms with Crippen molar-refractivity contribution in [1.29, 1.82) is 0 Å². The van der Waals surface area contributed by atoms with E-state index >= 15 is 0 Å². The summed E-state index contributed by atoms with van der Waals surface area (Å²) in [5.74, 6) is 1.03. The number of allylic oxidation sites excluding steroid dienone is 4. The molecule has 0 N–H and O–H groups in total. The van der Waals surface area contributed by atoms with Gasteiger partial charge in [0.15, 0.2) is 0 Å². The second-order valence-electron chi connectivity index (χ2n) is 8.01. The van der Waals surface area contributed by atoms with Crippen LogP contribution in [0.15, 0.2) is 42.5 Å². The summed E-state index contributed by atoms with van der Waals surface area (Å²) < 4.78 is 0. The van der Waals surface area contributed by atoms with Crippen LogP contribution in [0, 0.1) is 32.1 Å². The summed E-state index contributed by atoms with van der Waals surface area (Å²) in [5, 5.41) is 0. The molecule has 1 saturated heterocycles. The van der Waals surface area contributed by atoms with Crippen LogP contribution in [0.25, 0.3) is 5.57 Å². The molecule has 5 heteroatoms. The summed E-state index contributed by atoms with van der Waals surface area (Å²) in [6.07, 6.45) is 10.6. The Balaban J connectivity index is 1.82. The first-order valence-corrected chi connectivity index (χ1v) is 9.27. The minimum Gasteiger partial charge on any atom is -0.282 e. The van der Waals surface area contributed by atoms with Crippen LogP contribution >= 0.6 is 0 Å². The summed E-state index contributed by atoms with van der Waals surface area (Å²) in [5.41, 5.74) is 5.51. The van der Waals surface area contributed by atoms with Crippen molar-refractivity contribution in [2.45, 2.75) is 41.0 Å². The Morgan fingerprint density at radius 3 is 2.44 bits per heavy atom. The number of rotatable bonds is 2. The molecular weight excluding hydrogens is 336 g/mol. The van der Waals surface area contributed by atoms with Gasteiger partial charge in [-0.3, -0.25) is 14.7 Å². The van der Waals surface area contributed by atoms with Crippen molar-refractivity contribution < 1.29 is 4.79 Å². The van der Waals surface area contributed by atoms with E-state index in [2.05, 4.69) is 27.1 Å². The average Bonchev–Trinajstić information content (AvgIpc) is 2.82. The quantitative estimate of drug-likeness (QED) is 0.807. The molecule has 5 nitrogen and oxygen atoms in total. The van der Waals surface area contributed by atoms with Gasteiger partial charge in [-0.1, -0.05) is 19.9 Å². The van der Waals surface area contributed by atoms with Crippen LogP contribution in [-0.4, -0.2) is 20.9 Å². The fourth-order valence-electron chi connectivity index (χ4n) is 4.04. The Hall–Kier alpha value is -2.82. The van der Waals surface area contributed by atoms with Gasteiger partial charge in [-0.25, -0.2) is 9.97 Å². The molecule has 1 aliphatic carbocycles. The molecule has 3 heterocycles. The molecule has 1 aliphatic heterocycles. The van der Waals surface area contributed by atoms with Crippen LogP contribution in [0.4, 0.5) is 5.69 Å². The van der Waals surface area contributed by atoms with Gasteiger partial charge in [0.2, 0.25) is 5.91 Å². The summed E-state index contributed by atoms with van der Waals surface area (Å²) in [6, 6.07) is 2.02. The van der Waals surface area contributed by atoms with Crippen molar-refractivity contribution in [3.63, 3.8) is 0 Å². The van der Waals surface area contributed by atoms with Gasteiger partial charge in [0.1, 0.15) is 5.82 Å². The molecule has 1 unspecified atom stereocenters. The van der Waals surface area contributed by atoms with Crippen LogP contribution in [0.5, 0.6) is 0 Å². The van der Waals surface area contributed by atoms with E-state index in [-0.39, 0.29) is 11.8 Å². The molecule has 0 radical (unpaired) electrons. The number of carbonyl (C=O) groups is 1. The highest BCUT2D eigenvalue weighted by atomic mass is 16.2. The number of aromatic nitrogens is 3. The third-order valence-electron chi connectivity index (χ3n) is 5.69. The van der Waals surface area contributed by atoms with Crippen molar-refractivity contribution in [1.82, 2.24) is 15.0 Å². The van der Waals surface area contributed by atoms with Crippen LogP contribution < -0.4 is 4.90 Å². The minimum absolute atomic E-state index is 0.127. The molecule has 0 bridgehead atoms. The van der Waals surface area contributed by atoms with E-state index in [9.17, 15) is 4.79 Å². The number of carbonyl (C=O) groups excluding carboxylic acids is 1. The Morgan fingerprint density at radius 2 is 1.78 bits per heavy atom. The van der Waals surface area contributed by atoms with Gasteiger partial charge in [0.05, 0.1) is 17.3 Å². The number of amides is 1. The largest absolute Gasteiger partial charge is 0.282 e. The average molecular weight is 360 g/mol. The second-order valence-corrected chi connectivity index (χ2v) is 8.01. The van der Waals surface area contributed by atoms with E-state index in [1.54, 1.807) is 0 Å². The van der Waals surface area contributed by atoms with Crippen molar-refractivity contribution >= 4 is 17.2 Å². The zero-order valence-electron chi connectivity index (χ0n) is 16.4. The molecule has 2 aromatic rings. The summed E-state index contributed by atoms with van der Waals surface area (Å²) in [4.78, 5) is 28.3. The zero-order chi connectivity index (χ0) is 19.3. The van der Waals surface area contributed by atoms with Crippen molar-refractivity contribution in [2.24, 2.45) is 11.3 Å². The van der Waals surface area contributed by atoms with Crippen LogP contribution in [0.3, 0.4) is 0 Å². The first kappa shape index (κ1) is 17.6. The predicted molar refractivity (Wildman–Crippen MR) is 106 cm³/mol. The number of fused-ring (bicyclic) bond motifs is 1. The van der Waals surface area contributed by atoms with Crippen molar-refractivity contribution in [2.75, 3.05) is 4.90 Å². The van der Waals surface area contributed by atoms with E-state index in [4.69, 9.17) is 0 Å². The molecule has 2 aromatic heterocycles.